The van der Waals surface area contributed by atoms with Gasteiger partial charge in [0.25, 0.3) is 0 Å². The summed E-state index contributed by atoms with van der Waals surface area (Å²) >= 11 is 2.52. The van der Waals surface area contributed by atoms with Crippen molar-refractivity contribution in [3.8, 4) is 0 Å². The largest absolute Gasteiger partial charge is 0.0795 e. The highest BCUT2D eigenvalue weighted by atomic mass is 127. The lowest BCUT2D eigenvalue weighted by molar-refractivity contribution is 0.592. The van der Waals surface area contributed by atoms with Crippen LogP contribution in [0.1, 0.15) is 46.5 Å². The van der Waals surface area contributed by atoms with Gasteiger partial charge >= 0.3 is 0 Å². The first kappa shape index (κ1) is 9.73. The van der Waals surface area contributed by atoms with E-state index < -0.39 is 0 Å². The smallest absolute Gasteiger partial charge is 0.0166 e. The summed E-state index contributed by atoms with van der Waals surface area (Å²) < 4.78 is 0.521. The summed E-state index contributed by atoms with van der Waals surface area (Å²) in [5.41, 5.74) is 0. The standard InChI is InChI=1S/C8H17I/c1-4-5-6-7-8(2,3)9/h4-7H2,1-3H3. The maximum Gasteiger partial charge on any atom is 0.0166 e. The Labute approximate surface area is 72.6 Å². The molecule has 0 N–H and O–H groups in total. The molecule has 0 radical (unpaired) electrons. The molecule has 0 amide bonds. The Morgan fingerprint density at radius 1 is 1.22 bits per heavy atom. The second-order valence-electron chi connectivity index (χ2n) is 3.18. The van der Waals surface area contributed by atoms with E-state index in [4.69, 9.17) is 0 Å². The molecule has 0 heterocycles. The molecule has 0 bridgehead atoms. The van der Waals surface area contributed by atoms with Crippen molar-refractivity contribution in [1.82, 2.24) is 0 Å². The number of alkyl halides is 1. The van der Waals surface area contributed by atoms with Crippen LogP contribution in [-0.2, 0) is 0 Å². The Kier molecular flexibility index (Phi) is 4.90. The predicted molar refractivity (Wildman–Crippen MR) is 52.2 cm³/mol. The van der Waals surface area contributed by atoms with Crippen molar-refractivity contribution < 1.29 is 0 Å². The summed E-state index contributed by atoms with van der Waals surface area (Å²) in [5.74, 6) is 0. The van der Waals surface area contributed by atoms with Crippen LogP contribution in [0, 0.1) is 0 Å². The normalized spacial score (nSPS) is 12.0. The molecule has 0 aromatic carbocycles. The van der Waals surface area contributed by atoms with Crippen LogP contribution in [0.3, 0.4) is 0 Å². The fourth-order valence-corrected chi connectivity index (χ4v) is 1.18. The topological polar surface area (TPSA) is 0 Å². The van der Waals surface area contributed by atoms with E-state index in [2.05, 4.69) is 43.4 Å². The van der Waals surface area contributed by atoms with Crippen molar-refractivity contribution in [2.45, 2.75) is 49.9 Å². The van der Waals surface area contributed by atoms with Crippen LogP contribution >= 0.6 is 22.6 Å². The summed E-state index contributed by atoms with van der Waals surface area (Å²) in [5, 5.41) is 0. The van der Waals surface area contributed by atoms with Crippen LogP contribution < -0.4 is 0 Å². The molecular formula is C8H17I. The molecule has 0 atom stereocenters. The molecule has 0 aliphatic heterocycles. The minimum atomic E-state index is 0.521. The van der Waals surface area contributed by atoms with Crippen molar-refractivity contribution in [2.75, 3.05) is 0 Å². The molecule has 0 nitrogen and oxygen atoms in total. The fourth-order valence-electron chi connectivity index (χ4n) is 0.795. The predicted octanol–water partition coefficient (Wildman–Crippen LogP) is 3.78. The average molecular weight is 240 g/mol. The van der Waals surface area contributed by atoms with Gasteiger partial charge < -0.3 is 0 Å². The van der Waals surface area contributed by atoms with E-state index in [9.17, 15) is 0 Å². The molecule has 0 aromatic heterocycles. The number of halogens is 1. The van der Waals surface area contributed by atoms with Gasteiger partial charge in [0.1, 0.15) is 0 Å². The van der Waals surface area contributed by atoms with Crippen molar-refractivity contribution in [2.24, 2.45) is 0 Å². The summed E-state index contributed by atoms with van der Waals surface area (Å²) in [6.07, 6.45) is 5.49. The molecule has 0 spiro atoms. The fraction of sp³-hybridized carbons (Fsp3) is 1.00. The summed E-state index contributed by atoms with van der Waals surface area (Å²) in [7, 11) is 0. The highest BCUT2D eigenvalue weighted by Crippen LogP contribution is 2.23. The van der Waals surface area contributed by atoms with Gasteiger partial charge in [0.05, 0.1) is 0 Å². The molecule has 0 aliphatic rings. The number of hydrogen-bond donors (Lipinski definition) is 0. The minimum absolute atomic E-state index is 0.521. The third-order valence-electron chi connectivity index (χ3n) is 1.37. The summed E-state index contributed by atoms with van der Waals surface area (Å²) in [6, 6.07) is 0. The molecule has 0 saturated carbocycles. The molecule has 0 aliphatic carbocycles. The third-order valence-corrected chi connectivity index (χ3v) is 1.91. The second kappa shape index (κ2) is 4.53. The van der Waals surface area contributed by atoms with Crippen LogP contribution in [0.5, 0.6) is 0 Å². The molecule has 56 valence electrons. The summed E-state index contributed by atoms with van der Waals surface area (Å²) in [6.45, 7) is 6.84. The molecule has 0 aromatic rings. The number of rotatable bonds is 4. The van der Waals surface area contributed by atoms with Crippen molar-refractivity contribution in [3.05, 3.63) is 0 Å². The van der Waals surface area contributed by atoms with Gasteiger partial charge in [-0.05, 0) is 6.42 Å². The molecule has 0 fully saturated rings. The average Bonchev–Trinajstić information content (AvgIpc) is 1.63. The van der Waals surface area contributed by atoms with Crippen LogP contribution in [0.15, 0.2) is 0 Å². The van der Waals surface area contributed by atoms with Crippen LogP contribution in [0.25, 0.3) is 0 Å². The molecule has 1 heteroatoms. The van der Waals surface area contributed by atoms with Gasteiger partial charge in [-0.3, -0.25) is 0 Å². The van der Waals surface area contributed by atoms with Gasteiger partial charge in [-0.2, -0.15) is 0 Å². The van der Waals surface area contributed by atoms with Crippen LogP contribution in [0.2, 0.25) is 0 Å². The van der Waals surface area contributed by atoms with Crippen molar-refractivity contribution in [3.63, 3.8) is 0 Å². The van der Waals surface area contributed by atoms with Gasteiger partial charge in [-0.15, -0.1) is 0 Å². The Hall–Kier alpha value is 0.730. The number of unbranched alkanes of at least 4 members (excludes halogenated alkanes) is 2. The lowest BCUT2D eigenvalue weighted by atomic mass is 10.1. The second-order valence-corrected chi connectivity index (χ2v) is 6.10. The first-order valence-electron chi connectivity index (χ1n) is 3.75. The van der Waals surface area contributed by atoms with Gasteiger partial charge in [-0.25, -0.2) is 0 Å². The van der Waals surface area contributed by atoms with E-state index in [1.54, 1.807) is 0 Å². The minimum Gasteiger partial charge on any atom is -0.0795 e. The Morgan fingerprint density at radius 2 is 1.78 bits per heavy atom. The zero-order valence-corrected chi connectivity index (χ0v) is 8.86. The molecular weight excluding hydrogens is 223 g/mol. The van der Waals surface area contributed by atoms with Crippen LogP contribution in [-0.4, -0.2) is 3.42 Å². The first-order chi connectivity index (χ1) is 4.06. The van der Waals surface area contributed by atoms with Crippen molar-refractivity contribution in [1.29, 1.82) is 0 Å². The number of hydrogen-bond acceptors (Lipinski definition) is 0. The monoisotopic (exact) mass is 240 g/mol. The van der Waals surface area contributed by atoms with E-state index in [1.165, 1.54) is 25.7 Å². The van der Waals surface area contributed by atoms with Gasteiger partial charge in [0.2, 0.25) is 0 Å². The van der Waals surface area contributed by atoms with E-state index in [1.807, 2.05) is 0 Å². The van der Waals surface area contributed by atoms with E-state index in [-0.39, 0.29) is 0 Å². The molecule has 0 unspecified atom stereocenters. The SMILES string of the molecule is CCCCCC(C)(C)I. The van der Waals surface area contributed by atoms with E-state index in [0.29, 0.717) is 3.42 Å². The van der Waals surface area contributed by atoms with Gasteiger partial charge in [0, 0.05) is 3.42 Å². The maximum absolute atomic E-state index is 2.52. The third kappa shape index (κ3) is 8.73. The lowest BCUT2D eigenvalue weighted by Gasteiger charge is -2.14. The Bertz CT molecular complexity index is 61.5. The van der Waals surface area contributed by atoms with Gasteiger partial charge in [-0.1, -0.05) is 62.6 Å². The zero-order chi connectivity index (χ0) is 7.33. The zero-order valence-electron chi connectivity index (χ0n) is 6.71. The molecule has 9 heavy (non-hydrogen) atoms. The Balaban J connectivity index is 3.07. The highest BCUT2D eigenvalue weighted by molar-refractivity contribution is 14.1. The molecule has 0 saturated heterocycles. The maximum atomic E-state index is 2.52. The van der Waals surface area contributed by atoms with Gasteiger partial charge in [0.15, 0.2) is 0 Å². The first-order valence-corrected chi connectivity index (χ1v) is 4.83. The quantitative estimate of drug-likeness (QED) is 0.398. The summed E-state index contributed by atoms with van der Waals surface area (Å²) in [4.78, 5) is 0. The molecule has 0 rings (SSSR count). The highest BCUT2D eigenvalue weighted by Gasteiger charge is 2.10. The van der Waals surface area contributed by atoms with E-state index in [0.717, 1.165) is 0 Å². The van der Waals surface area contributed by atoms with E-state index >= 15 is 0 Å². The lowest BCUT2D eigenvalue weighted by Crippen LogP contribution is -2.07. The van der Waals surface area contributed by atoms with Crippen molar-refractivity contribution >= 4 is 22.6 Å². The van der Waals surface area contributed by atoms with Crippen LogP contribution in [0.4, 0.5) is 0 Å². The Morgan fingerprint density at radius 3 is 2.11 bits per heavy atom.